The fraction of sp³-hybridized carbons (Fsp3) is 0.613. The van der Waals surface area contributed by atoms with Crippen LogP contribution in [0.2, 0.25) is 0 Å². The molecule has 72 heavy (non-hydrogen) atoms. The summed E-state index contributed by atoms with van der Waals surface area (Å²) in [5, 5.41) is 0. The predicted octanol–water partition coefficient (Wildman–Crippen LogP) is 17.4. The minimum absolute atomic E-state index is 0.0189. The zero-order chi connectivity index (χ0) is 52.7. The van der Waals surface area contributed by atoms with Gasteiger partial charge in [-0.3, -0.25) is 18.6 Å². The fourth-order valence-corrected chi connectivity index (χ4v) is 7.67. The van der Waals surface area contributed by atoms with Gasteiger partial charge in [0.25, 0.3) is 0 Å². The largest absolute Gasteiger partial charge is 0.472 e. The molecule has 0 amide bonds. The third-order valence-electron chi connectivity index (χ3n) is 11.2. The van der Waals surface area contributed by atoms with Crippen LogP contribution in [0.25, 0.3) is 0 Å². The smallest absolute Gasteiger partial charge is 0.462 e. The zero-order valence-electron chi connectivity index (χ0n) is 46.1. The minimum atomic E-state index is -4.40. The van der Waals surface area contributed by atoms with Crippen LogP contribution in [-0.2, 0) is 32.7 Å². The maximum absolute atomic E-state index is 12.8. The van der Waals surface area contributed by atoms with E-state index in [1.54, 1.807) is 0 Å². The number of unbranched alkanes of at least 4 members (excludes halogenated alkanes) is 13. The lowest BCUT2D eigenvalue weighted by molar-refractivity contribution is -0.870. The van der Waals surface area contributed by atoms with Gasteiger partial charge in [0.2, 0.25) is 0 Å². The number of likely N-dealkylation sites (N-methyl/N-ethyl adjacent to an activating group) is 1. The zero-order valence-corrected chi connectivity index (χ0v) is 47.0. The van der Waals surface area contributed by atoms with Gasteiger partial charge >= 0.3 is 19.8 Å². The standard InChI is InChI=1S/C62H102NO8P/c1-6-8-10-12-14-16-18-20-22-24-25-26-27-28-29-30-31-32-33-34-35-36-37-39-41-43-45-47-49-51-53-55-62(65)71-60(59-70-72(66,67)69-57-56-63(3,4)5)58-68-61(64)54-52-50-48-46-44-42-40-38-23-21-19-17-15-13-11-9-7-2/h8-11,14-17,20-23,25-26,28-29,31-32,34-35,37,39,60H,6-7,12-13,18-19,24,27,30,33,36,38,40-59H2,1-5H3/p+1/b10-8-,11-9-,16-14-,17-15-,22-20-,23-21-,26-25-,29-28-,32-31-,35-34-,39-37-. The summed E-state index contributed by atoms with van der Waals surface area (Å²) in [7, 11) is 1.44. The molecule has 0 aliphatic rings. The van der Waals surface area contributed by atoms with E-state index < -0.39 is 26.5 Å². The number of phosphoric acid groups is 1. The van der Waals surface area contributed by atoms with Crippen LogP contribution < -0.4 is 0 Å². The molecule has 0 saturated carbocycles. The molecule has 0 fully saturated rings. The molecule has 0 saturated heterocycles. The number of carbonyl (C=O) groups excluding carboxylic acids is 2. The first kappa shape index (κ1) is 68.2. The lowest BCUT2D eigenvalue weighted by Gasteiger charge is -2.24. The highest BCUT2D eigenvalue weighted by Gasteiger charge is 2.27. The average Bonchev–Trinajstić information content (AvgIpc) is 3.34. The lowest BCUT2D eigenvalue weighted by atomic mass is 10.1. The van der Waals surface area contributed by atoms with Crippen molar-refractivity contribution in [3.8, 4) is 0 Å². The maximum Gasteiger partial charge on any atom is 0.472 e. The van der Waals surface area contributed by atoms with Crippen LogP contribution in [0.1, 0.15) is 194 Å². The molecular weight excluding hydrogens is 918 g/mol. The molecule has 2 unspecified atom stereocenters. The number of phosphoric ester groups is 1. The summed E-state index contributed by atoms with van der Waals surface area (Å²) in [6.07, 6.45) is 75.1. The van der Waals surface area contributed by atoms with Crippen molar-refractivity contribution in [1.29, 1.82) is 0 Å². The average molecular weight is 1020 g/mol. The Balaban J connectivity index is 4.27. The van der Waals surface area contributed by atoms with Gasteiger partial charge in [-0.05, 0) is 109 Å². The molecule has 0 bridgehead atoms. The van der Waals surface area contributed by atoms with Crippen LogP contribution in [0.4, 0.5) is 0 Å². The van der Waals surface area contributed by atoms with Crippen molar-refractivity contribution >= 4 is 19.8 Å². The minimum Gasteiger partial charge on any atom is -0.462 e. The van der Waals surface area contributed by atoms with E-state index in [0.717, 1.165) is 141 Å². The number of nitrogens with zero attached hydrogens (tertiary/aromatic N) is 1. The molecule has 408 valence electrons. The molecule has 0 radical (unpaired) electrons. The van der Waals surface area contributed by atoms with Crippen LogP contribution in [-0.4, -0.2) is 74.9 Å². The first-order valence-corrected chi connectivity index (χ1v) is 29.4. The number of carbonyl (C=O) groups is 2. The van der Waals surface area contributed by atoms with Gasteiger partial charge in [0.05, 0.1) is 27.7 Å². The third-order valence-corrected chi connectivity index (χ3v) is 12.2. The summed E-state index contributed by atoms with van der Waals surface area (Å²) in [6.45, 7) is 4.15. The second-order valence-electron chi connectivity index (χ2n) is 19.2. The van der Waals surface area contributed by atoms with Crippen molar-refractivity contribution in [1.82, 2.24) is 0 Å². The van der Waals surface area contributed by atoms with E-state index in [-0.39, 0.29) is 32.0 Å². The summed E-state index contributed by atoms with van der Waals surface area (Å²) < 4.78 is 34.5. The highest BCUT2D eigenvalue weighted by atomic mass is 31.2. The van der Waals surface area contributed by atoms with Crippen molar-refractivity contribution in [2.24, 2.45) is 0 Å². The lowest BCUT2D eigenvalue weighted by Crippen LogP contribution is -2.37. The normalized spacial score (nSPS) is 14.4. The molecule has 10 heteroatoms. The van der Waals surface area contributed by atoms with Crippen LogP contribution in [0, 0.1) is 0 Å². The highest BCUT2D eigenvalue weighted by molar-refractivity contribution is 7.47. The number of hydrogen-bond acceptors (Lipinski definition) is 7. The Morgan fingerprint density at radius 1 is 0.431 bits per heavy atom. The molecule has 0 aromatic heterocycles. The number of esters is 2. The van der Waals surface area contributed by atoms with Crippen molar-refractivity contribution in [2.75, 3.05) is 47.5 Å². The molecule has 0 heterocycles. The third kappa shape index (κ3) is 55.5. The number of rotatable bonds is 49. The maximum atomic E-state index is 12.8. The molecule has 0 aromatic rings. The second kappa shape index (κ2) is 52.0. The van der Waals surface area contributed by atoms with Crippen molar-refractivity contribution in [3.05, 3.63) is 134 Å². The van der Waals surface area contributed by atoms with E-state index in [9.17, 15) is 19.0 Å². The number of ether oxygens (including phenoxy) is 2. The second-order valence-corrected chi connectivity index (χ2v) is 20.7. The van der Waals surface area contributed by atoms with Gasteiger partial charge in [0, 0.05) is 12.8 Å². The molecule has 9 nitrogen and oxygen atoms in total. The van der Waals surface area contributed by atoms with Crippen LogP contribution in [0.3, 0.4) is 0 Å². The number of hydrogen-bond donors (Lipinski definition) is 1. The Bertz CT molecular complexity index is 1670. The van der Waals surface area contributed by atoms with Crippen molar-refractivity contribution in [2.45, 2.75) is 200 Å². The highest BCUT2D eigenvalue weighted by Crippen LogP contribution is 2.43. The van der Waals surface area contributed by atoms with Gasteiger partial charge in [0.15, 0.2) is 6.10 Å². The monoisotopic (exact) mass is 1020 g/mol. The molecule has 2 atom stereocenters. The van der Waals surface area contributed by atoms with E-state index in [1.807, 2.05) is 21.1 Å². The Hall–Kier alpha value is -3.85. The van der Waals surface area contributed by atoms with Crippen LogP contribution in [0.5, 0.6) is 0 Å². The van der Waals surface area contributed by atoms with Crippen LogP contribution in [0.15, 0.2) is 134 Å². The SMILES string of the molecule is CC/C=C\C/C=C\C/C=C\C/C=C\C/C=C\C/C=C\C/C=C\C/C=C\CCCCCCCCC(=O)OC(COC(=O)CCCCCCCCC/C=C\C/C=C\C/C=C\CC)COP(=O)(O)OCC[N+](C)(C)C. The molecule has 0 aliphatic heterocycles. The summed E-state index contributed by atoms with van der Waals surface area (Å²) >= 11 is 0. The van der Waals surface area contributed by atoms with Crippen molar-refractivity contribution in [3.63, 3.8) is 0 Å². The summed E-state index contributed by atoms with van der Waals surface area (Å²) in [4.78, 5) is 35.6. The topological polar surface area (TPSA) is 108 Å². The van der Waals surface area contributed by atoms with Crippen molar-refractivity contribution < 1.29 is 42.1 Å². The van der Waals surface area contributed by atoms with Crippen LogP contribution >= 0.6 is 7.82 Å². The van der Waals surface area contributed by atoms with Gasteiger partial charge < -0.3 is 18.9 Å². The first-order valence-electron chi connectivity index (χ1n) is 27.9. The number of quaternary nitrogens is 1. The van der Waals surface area contributed by atoms with E-state index in [0.29, 0.717) is 17.4 Å². The van der Waals surface area contributed by atoms with E-state index >= 15 is 0 Å². The summed E-state index contributed by atoms with van der Waals surface area (Å²) in [5.41, 5.74) is 0. The Morgan fingerprint density at radius 3 is 1.11 bits per heavy atom. The van der Waals surface area contributed by atoms with Gasteiger partial charge in [-0.2, -0.15) is 0 Å². The van der Waals surface area contributed by atoms with E-state index in [4.69, 9.17) is 18.5 Å². The summed E-state index contributed by atoms with van der Waals surface area (Å²) in [5.74, 6) is -0.837. The molecular formula is C62H103NO8P+. The molecule has 1 N–H and O–H groups in total. The Labute approximate surface area is 441 Å². The van der Waals surface area contributed by atoms with Gasteiger partial charge in [-0.1, -0.05) is 205 Å². The van der Waals surface area contributed by atoms with Gasteiger partial charge in [-0.15, -0.1) is 0 Å². The summed E-state index contributed by atoms with van der Waals surface area (Å²) in [6, 6.07) is 0. The van der Waals surface area contributed by atoms with E-state index in [2.05, 4.69) is 148 Å². The van der Waals surface area contributed by atoms with E-state index in [1.165, 1.54) is 19.3 Å². The molecule has 0 spiro atoms. The molecule has 0 aliphatic carbocycles. The predicted molar refractivity (Wildman–Crippen MR) is 307 cm³/mol. The molecule has 0 aromatic carbocycles. The number of allylic oxidation sites excluding steroid dienone is 22. The first-order chi connectivity index (χ1) is 35.0. The fourth-order valence-electron chi connectivity index (χ4n) is 6.93. The Morgan fingerprint density at radius 2 is 0.750 bits per heavy atom. The molecule has 0 rings (SSSR count). The van der Waals surface area contributed by atoms with Gasteiger partial charge in [0.1, 0.15) is 19.8 Å². The van der Waals surface area contributed by atoms with Gasteiger partial charge in [-0.25, -0.2) is 4.57 Å². The quantitative estimate of drug-likeness (QED) is 0.0211. The Kier molecular flexibility index (Phi) is 49.2.